The third-order valence-electron chi connectivity index (χ3n) is 7.00. The first-order chi connectivity index (χ1) is 17.6. The second-order valence-corrected chi connectivity index (χ2v) is 12.1. The summed E-state index contributed by atoms with van der Waals surface area (Å²) in [6.07, 6.45) is 6.38. The Morgan fingerprint density at radius 2 is 1.70 bits per heavy atom. The number of rotatable bonds is 12. The summed E-state index contributed by atoms with van der Waals surface area (Å²) in [6.45, 7) is 6.41. The molecule has 2 amide bonds. The van der Waals surface area contributed by atoms with Crippen molar-refractivity contribution >= 4 is 27.5 Å². The van der Waals surface area contributed by atoms with E-state index < -0.39 is 16.1 Å². The lowest BCUT2D eigenvalue weighted by molar-refractivity contribution is -0.141. The zero-order chi connectivity index (χ0) is 27.0. The molecule has 2 aromatic rings. The van der Waals surface area contributed by atoms with Crippen molar-refractivity contribution in [2.75, 3.05) is 17.1 Å². The summed E-state index contributed by atoms with van der Waals surface area (Å²) in [7, 11) is -3.51. The number of anilines is 1. The SMILES string of the molecule is CC[C@@H](C(=O)NC1CCCC1)N(Cc1cccc(C)c1)C(=O)CCCN(c1ccc(C)cc1)S(C)(=O)=O. The predicted molar refractivity (Wildman–Crippen MR) is 149 cm³/mol. The lowest BCUT2D eigenvalue weighted by atomic mass is 10.1. The summed E-state index contributed by atoms with van der Waals surface area (Å²) in [5.41, 5.74) is 3.69. The Balaban J connectivity index is 1.75. The minimum atomic E-state index is -3.51. The standard InChI is InChI=1S/C29H41N3O4S/c1-5-27(29(34)30-25-12-6-7-13-25)31(21-24-11-8-10-23(3)20-24)28(33)14-9-19-32(37(4,35)36)26-17-15-22(2)16-18-26/h8,10-11,15-18,20,25,27H,5-7,9,12-14,19,21H2,1-4H3,(H,30,34)/t27-/m0/s1. The first-order valence-corrected chi connectivity index (χ1v) is 15.1. The number of hydrogen-bond donors (Lipinski definition) is 1. The molecule has 0 aromatic heterocycles. The Bertz CT molecular complexity index is 1160. The number of nitrogens with one attached hydrogen (secondary N) is 1. The van der Waals surface area contributed by atoms with Gasteiger partial charge in [-0.15, -0.1) is 0 Å². The number of amides is 2. The van der Waals surface area contributed by atoms with Crippen molar-refractivity contribution in [3.05, 3.63) is 65.2 Å². The summed E-state index contributed by atoms with van der Waals surface area (Å²) >= 11 is 0. The highest BCUT2D eigenvalue weighted by atomic mass is 32.2. The van der Waals surface area contributed by atoms with Gasteiger partial charge in [-0.1, -0.05) is 67.3 Å². The number of carbonyl (C=O) groups excluding carboxylic acids is 2. The molecule has 1 aliphatic rings. The molecule has 0 aliphatic heterocycles. The first-order valence-electron chi connectivity index (χ1n) is 13.3. The third kappa shape index (κ3) is 8.32. The largest absolute Gasteiger partial charge is 0.352 e. The van der Waals surface area contributed by atoms with Crippen LogP contribution in [-0.4, -0.2) is 50.0 Å². The number of carbonyl (C=O) groups is 2. The minimum absolute atomic E-state index is 0.104. The van der Waals surface area contributed by atoms with Crippen molar-refractivity contribution in [2.45, 2.75) is 84.3 Å². The van der Waals surface area contributed by atoms with Crippen LogP contribution >= 0.6 is 0 Å². The highest BCUT2D eigenvalue weighted by Gasteiger charge is 2.30. The molecule has 1 fully saturated rings. The van der Waals surface area contributed by atoms with E-state index in [1.54, 1.807) is 17.0 Å². The van der Waals surface area contributed by atoms with Crippen molar-refractivity contribution in [1.82, 2.24) is 10.2 Å². The van der Waals surface area contributed by atoms with Gasteiger partial charge in [-0.3, -0.25) is 13.9 Å². The molecule has 37 heavy (non-hydrogen) atoms. The molecule has 1 N–H and O–H groups in total. The average molecular weight is 528 g/mol. The lowest BCUT2D eigenvalue weighted by Gasteiger charge is -2.32. The molecule has 0 heterocycles. The van der Waals surface area contributed by atoms with Crippen molar-refractivity contribution in [1.29, 1.82) is 0 Å². The molecule has 2 aromatic carbocycles. The summed E-state index contributed by atoms with van der Waals surface area (Å²) < 4.78 is 26.3. The molecule has 0 unspecified atom stereocenters. The molecule has 1 atom stereocenters. The van der Waals surface area contributed by atoms with Crippen molar-refractivity contribution in [2.24, 2.45) is 0 Å². The fourth-order valence-corrected chi connectivity index (χ4v) is 5.97. The molecular weight excluding hydrogens is 486 g/mol. The van der Waals surface area contributed by atoms with Gasteiger partial charge < -0.3 is 10.2 Å². The number of aryl methyl sites for hydroxylation is 2. The molecule has 7 nitrogen and oxygen atoms in total. The summed E-state index contributed by atoms with van der Waals surface area (Å²) in [4.78, 5) is 28.5. The van der Waals surface area contributed by atoms with E-state index in [-0.39, 0.29) is 30.8 Å². The minimum Gasteiger partial charge on any atom is -0.352 e. The van der Waals surface area contributed by atoms with Crippen LogP contribution < -0.4 is 9.62 Å². The maximum Gasteiger partial charge on any atom is 0.243 e. The molecule has 1 saturated carbocycles. The van der Waals surface area contributed by atoms with Crippen LogP contribution in [0.5, 0.6) is 0 Å². The number of nitrogens with zero attached hydrogens (tertiary/aromatic N) is 2. The molecule has 0 saturated heterocycles. The fraction of sp³-hybridized carbons (Fsp3) is 0.517. The highest BCUT2D eigenvalue weighted by Crippen LogP contribution is 2.22. The molecule has 0 spiro atoms. The molecule has 8 heteroatoms. The predicted octanol–water partition coefficient (Wildman–Crippen LogP) is 4.72. The molecule has 0 bridgehead atoms. The topological polar surface area (TPSA) is 86.8 Å². The maximum atomic E-state index is 13.6. The van der Waals surface area contributed by atoms with Gasteiger partial charge in [-0.05, 0) is 57.2 Å². The number of hydrogen-bond acceptors (Lipinski definition) is 4. The van der Waals surface area contributed by atoms with Crippen molar-refractivity contribution in [3.8, 4) is 0 Å². The second-order valence-electron chi connectivity index (χ2n) is 10.2. The quantitative estimate of drug-likeness (QED) is 0.433. The van der Waals surface area contributed by atoms with Gasteiger partial charge in [0.1, 0.15) is 6.04 Å². The van der Waals surface area contributed by atoms with E-state index in [0.717, 1.165) is 42.4 Å². The Hall–Kier alpha value is -2.87. The second kappa shape index (κ2) is 13.1. The summed E-state index contributed by atoms with van der Waals surface area (Å²) in [5.74, 6) is -0.250. The molecule has 0 radical (unpaired) electrons. The van der Waals surface area contributed by atoms with Crippen LogP contribution in [0.2, 0.25) is 0 Å². The smallest absolute Gasteiger partial charge is 0.243 e. The van der Waals surface area contributed by atoms with E-state index >= 15 is 0 Å². The zero-order valence-electron chi connectivity index (χ0n) is 22.6. The third-order valence-corrected chi connectivity index (χ3v) is 8.19. The molecule has 202 valence electrons. The van der Waals surface area contributed by atoms with Crippen molar-refractivity contribution in [3.63, 3.8) is 0 Å². The van der Waals surface area contributed by atoms with E-state index in [1.807, 2.05) is 57.2 Å². The van der Waals surface area contributed by atoms with Crippen molar-refractivity contribution < 1.29 is 18.0 Å². The normalized spacial score (nSPS) is 14.8. The van der Waals surface area contributed by atoms with E-state index in [2.05, 4.69) is 5.32 Å². The highest BCUT2D eigenvalue weighted by molar-refractivity contribution is 7.92. The van der Waals surface area contributed by atoms with E-state index in [0.29, 0.717) is 25.1 Å². The van der Waals surface area contributed by atoms with E-state index in [1.165, 1.54) is 10.6 Å². The molecule has 3 rings (SSSR count). The molecular formula is C29H41N3O4S. The summed E-state index contributed by atoms with van der Waals surface area (Å²) in [5, 5.41) is 3.16. The lowest BCUT2D eigenvalue weighted by Crippen LogP contribution is -2.51. The van der Waals surface area contributed by atoms with Crippen LogP contribution in [0.15, 0.2) is 48.5 Å². The molecule has 1 aliphatic carbocycles. The van der Waals surface area contributed by atoms with Crippen LogP contribution in [0.3, 0.4) is 0 Å². The van der Waals surface area contributed by atoms with Gasteiger partial charge in [0.15, 0.2) is 0 Å². The Kier molecular flexibility index (Phi) is 10.1. The fourth-order valence-electron chi connectivity index (χ4n) is 5.01. The zero-order valence-corrected chi connectivity index (χ0v) is 23.4. The van der Waals surface area contributed by atoms with Gasteiger partial charge in [0, 0.05) is 25.6 Å². The van der Waals surface area contributed by atoms with Gasteiger partial charge in [0.2, 0.25) is 21.8 Å². The number of sulfonamides is 1. The summed E-state index contributed by atoms with van der Waals surface area (Å²) in [6, 6.07) is 14.9. The monoisotopic (exact) mass is 527 g/mol. The van der Waals surface area contributed by atoms with Crippen LogP contribution in [0.4, 0.5) is 5.69 Å². The maximum absolute atomic E-state index is 13.6. The Morgan fingerprint density at radius 3 is 2.30 bits per heavy atom. The van der Waals surface area contributed by atoms with E-state index in [9.17, 15) is 18.0 Å². The van der Waals surface area contributed by atoms with Gasteiger partial charge in [0.05, 0.1) is 11.9 Å². The van der Waals surface area contributed by atoms with Crippen LogP contribution in [-0.2, 0) is 26.2 Å². The van der Waals surface area contributed by atoms with E-state index in [4.69, 9.17) is 0 Å². The van der Waals surface area contributed by atoms with Crippen LogP contribution in [0.25, 0.3) is 0 Å². The number of benzene rings is 2. The van der Waals surface area contributed by atoms with Gasteiger partial charge in [-0.25, -0.2) is 8.42 Å². The van der Waals surface area contributed by atoms with Crippen LogP contribution in [0, 0.1) is 13.8 Å². The van der Waals surface area contributed by atoms with Crippen LogP contribution in [0.1, 0.15) is 68.6 Å². The first kappa shape index (κ1) is 28.7. The van der Waals surface area contributed by atoms with Gasteiger partial charge in [-0.2, -0.15) is 0 Å². The Morgan fingerprint density at radius 1 is 1.03 bits per heavy atom. The van der Waals surface area contributed by atoms with Gasteiger partial charge >= 0.3 is 0 Å². The Labute approximate surface area is 222 Å². The van der Waals surface area contributed by atoms with Gasteiger partial charge in [0.25, 0.3) is 0 Å². The average Bonchev–Trinajstić information content (AvgIpc) is 3.34.